The highest BCUT2D eigenvalue weighted by Crippen LogP contribution is 2.70. The molecule has 0 aromatic carbocycles. The first-order valence-electron chi connectivity index (χ1n) is 8.93. The van der Waals surface area contributed by atoms with Gasteiger partial charge in [0, 0.05) is 6.61 Å². The second-order valence-electron chi connectivity index (χ2n) is 9.04. The zero-order valence-corrected chi connectivity index (χ0v) is 13.8. The molecule has 0 aromatic heterocycles. The van der Waals surface area contributed by atoms with E-state index in [0.717, 1.165) is 5.92 Å². The van der Waals surface area contributed by atoms with E-state index in [2.05, 4.69) is 26.5 Å². The van der Waals surface area contributed by atoms with E-state index in [9.17, 15) is 5.11 Å². The van der Waals surface area contributed by atoms with Crippen molar-refractivity contribution in [2.75, 3.05) is 6.61 Å². The fourth-order valence-corrected chi connectivity index (χ4v) is 6.94. The quantitative estimate of drug-likeness (QED) is 0.682. The van der Waals surface area contributed by atoms with Crippen LogP contribution in [0.5, 0.6) is 0 Å². The Morgan fingerprint density at radius 1 is 1.29 bits per heavy atom. The Morgan fingerprint density at radius 3 is 2.86 bits per heavy atom. The molecule has 4 rings (SSSR count). The van der Waals surface area contributed by atoms with E-state index in [4.69, 9.17) is 0 Å². The molecule has 2 bridgehead atoms. The van der Waals surface area contributed by atoms with Gasteiger partial charge in [-0.05, 0) is 73.0 Å². The summed E-state index contributed by atoms with van der Waals surface area (Å²) in [6.45, 7) is 9.61. The van der Waals surface area contributed by atoms with Crippen LogP contribution < -0.4 is 0 Å². The maximum Gasteiger partial charge on any atom is 0.0487 e. The van der Waals surface area contributed by atoms with Gasteiger partial charge in [0.15, 0.2) is 0 Å². The van der Waals surface area contributed by atoms with E-state index in [1.807, 2.05) is 0 Å². The predicted molar refractivity (Wildman–Crippen MR) is 86.9 cm³/mol. The molecule has 1 heteroatoms. The third-order valence-electron chi connectivity index (χ3n) is 7.90. The molecule has 0 saturated heterocycles. The van der Waals surface area contributed by atoms with Crippen LogP contribution in [-0.4, -0.2) is 11.7 Å². The van der Waals surface area contributed by atoms with Crippen molar-refractivity contribution in [1.82, 2.24) is 0 Å². The molecule has 5 atom stereocenters. The summed E-state index contributed by atoms with van der Waals surface area (Å²) >= 11 is 0. The lowest BCUT2D eigenvalue weighted by molar-refractivity contribution is -0.0665. The van der Waals surface area contributed by atoms with Crippen LogP contribution >= 0.6 is 0 Å². The Balaban J connectivity index is 1.78. The number of hydrogen-bond donors (Lipinski definition) is 1. The van der Waals surface area contributed by atoms with Gasteiger partial charge in [0.1, 0.15) is 0 Å². The highest BCUT2D eigenvalue weighted by atomic mass is 16.3. The number of allylic oxidation sites excluding steroid dienone is 3. The highest BCUT2D eigenvalue weighted by Gasteiger charge is 2.60. The summed E-state index contributed by atoms with van der Waals surface area (Å²) in [4.78, 5) is 0. The van der Waals surface area contributed by atoms with Gasteiger partial charge in [0.2, 0.25) is 0 Å². The largest absolute Gasteiger partial charge is 0.396 e. The van der Waals surface area contributed by atoms with Gasteiger partial charge in [-0.25, -0.2) is 0 Å². The van der Waals surface area contributed by atoms with Gasteiger partial charge in [-0.3, -0.25) is 0 Å². The Bertz CT molecular complexity index is 518. The van der Waals surface area contributed by atoms with E-state index in [1.165, 1.54) is 56.9 Å². The number of hydrogen-bond acceptors (Lipinski definition) is 1. The topological polar surface area (TPSA) is 20.2 Å². The van der Waals surface area contributed by atoms with Crippen LogP contribution in [0.2, 0.25) is 0 Å². The maximum atomic E-state index is 10.0. The van der Waals surface area contributed by atoms with Crippen molar-refractivity contribution in [3.8, 4) is 0 Å². The molecule has 4 aliphatic rings. The number of aliphatic hydroxyl groups is 1. The average Bonchev–Trinajstić information content (AvgIpc) is 2.68. The fraction of sp³-hybridized carbons (Fsp3) is 0.800. The molecule has 0 amide bonds. The molecule has 0 aliphatic heterocycles. The average molecular weight is 286 g/mol. The molecule has 116 valence electrons. The van der Waals surface area contributed by atoms with Gasteiger partial charge in [0.05, 0.1) is 0 Å². The smallest absolute Gasteiger partial charge is 0.0487 e. The fourth-order valence-electron chi connectivity index (χ4n) is 6.94. The summed E-state index contributed by atoms with van der Waals surface area (Å²) in [5, 5.41) is 10.0. The van der Waals surface area contributed by atoms with Crippen molar-refractivity contribution in [3.05, 3.63) is 23.8 Å². The van der Waals surface area contributed by atoms with Gasteiger partial charge in [-0.1, -0.05) is 44.1 Å². The minimum atomic E-state index is 0.141. The van der Waals surface area contributed by atoms with Crippen LogP contribution in [-0.2, 0) is 0 Å². The summed E-state index contributed by atoms with van der Waals surface area (Å²) in [5.41, 5.74) is 4.23. The number of rotatable bonds is 1. The molecule has 1 N–H and O–H groups in total. The lowest BCUT2D eigenvalue weighted by Crippen LogP contribution is -2.53. The Hall–Kier alpha value is -0.560. The van der Waals surface area contributed by atoms with Gasteiger partial charge in [0.25, 0.3) is 0 Å². The zero-order valence-electron chi connectivity index (χ0n) is 13.8. The third-order valence-corrected chi connectivity index (χ3v) is 7.90. The molecular weight excluding hydrogens is 256 g/mol. The Labute approximate surface area is 129 Å². The summed E-state index contributed by atoms with van der Waals surface area (Å²) in [5.74, 6) is 1.44. The standard InChI is InChI=1S/C20H30O/c1-14-11-20-10-7-16-18(2,13-21)8-4-9-19(16,3)17(20)6-5-15(14)12-20/h6,15-16,21H,1,4-5,7-13H2,2-3H3/t15-,16-,18+,19-,20-/m1/s1. The van der Waals surface area contributed by atoms with Gasteiger partial charge in [-0.15, -0.1) is 0 Å². The summed E-state index contributed by atoms with van der Waals surface area (Å²) in [7, 11) is 0. The van der Waals surface area contributed by atoms with Crippen LogP contribution in [0.1, 0.15) is 65.2 Å². The van der Waals surface area contributed by atoms with Crippen LogP contribution in [0.25, 0.3) is 0 Å². The van der Waals surface area contributed by atoms with Crippen LogP contribution in [0, 0.1) is 28.1 Å². The molecule has 1 nitrogen and oxygen atoms in total. The second-order valence-corrected chi connectivity index (χ2v) is 9.04. The minimum absolute atomic E-state index is 0.141. The van der Waals surface area contributed by atoms with Crippen molar-refractivity contribution in [2.24, 2.45) is 28.1 Å². The monoisotopic (exact) mass is 286 g/mol. The first kappa shape index (κ1) is 14.1. The summed E-state index contributed by atoms with van der Waals surface area (Å²) in [6, 6.07) is 0. The molecular formula is C20H30O. The molecule has 3 saturated carbocycles. The van der Waals surface area contributed by atoms with E-state index >= 15 is 0 Å². The van der Waals surface area contributed by atoms with Crippen LogP contribution in [0.3, 0.4) is 0 Å². The predicted octanol–water partition coefficient (Wildman–Crippen LogP) is 4.87. The first-order chi connectivity index (χ1) is 9.94. The lowest BCUT2D eigenvalue weighted by atomic mass is 9.44. The zero-order chi connectivity index (χ0) is 14.9. The molecule has 1 spiro atoms. The minimum Gasteiger partial charge on any atom is -0.396 e. The normalized spacial score (nSPS) is 52.1. The van der Waals surface area contributed by atoms with E-state index in [-0.39, 0.29) is 5.41 Å². The maximum absolute atomic E-state index is 10.0. The molecule has 3 fully saturated rings. The Kier molecular flexibility index (Phi) is 2.85. The molecule has 0 heterocycles. The van der Waals surface area contributed by atoms with Crippen molar-refractivity contribution in [3.63, 3.8) is 0 Å². The molecule has 0 aromatic rings. The lowest BCUT2D eigenvalue weighted by Gasteiger charge is -2.61. The number of aliphatic hydroxyl groups excluding tert-OH is 1. The third kappa shape index (κ3) is 1.67. The molecule has 0 unspecified atom stereocenters. The van der Waals surface area contributed by atoms with E-state index in [0.29, 0.717) is 23.4 Å². The van der Waals surface area contributed by atoms with Crippen LogP contribution in [0.15, 0.2) is 23.8 Å². The molecule has 21 heavy (non-hydrogen) atoms. The van der Waals surface area contributed by atoms with E-state index in [1.54, 1.807) is 5.57 Å². The molecule has 0 radical (unpaired) electrons. The van der Waals surface area contributed by atoms with Crippen LogP contribution in [0.4, 0.5) is 0 Å². The van der Waals surface area contributed by atoms with Crippen molar-refractivity contribution >= 4 is 0 Å². The number of fused-ring (bicyclic) bond motifs is 3. The van der Waals surface area contributed by atoms with Gasteiger partial charge >= 0.3 is 0 Å². The highest BCUT2D eigenvalue weighted by molar-refractivity contribution is 5.38. The summed E-state index contributed by atoms with van der Waals surface area (Å²) in [6.07, 6.45) is 12.9. The van der Waals surface area contributed by atoms with Crippen molar-refractivity contribution in [2.45, 2.75) is 65.2 Å². The second kappa shape index (κ2) is 4.25. The van der Waals surface area contributed by atoms with Gasteiger partial charge in [-0.2, -0.15) is 0 Å². The van der Waals surface area contributed by atoms with Gasteiger partial charge < -0.3 is 5.11 Å². The SMILES string of the molecule is C=C1C[C@@]23CC[C@@H]4[C@](C)(CO)CCC[C@@]4(C)C2=CC[C@@H]1C3. The molecule has 4 aliphatic carbocycles. The van der Waals surface area contributed by atoms with Crippen molar-refractivity contribution < 1.29 is 5.11 Å². The first-order valence-corrected chi connectivity index (χ1v) is 8.93. The van der Waals surface area contributed by atoms with E-state index < -0.39 is 0 Å². The summed E-state index contributed by atoms with van der Waals surface area (Å²) < 4.78 is 0. The van der Waals surface area contributed by atoms with Crippen molar-refractivity contribution in [1.29, 1.82) is 0 Å². The Morgan fingerprint density at radius 2 is 2.10 bits per heavy atom.